The molecule has 0 spiro atoms. The van der Waals surface area contributed by atoms with Crippen molar-refractivity contribution in [1.82, 2.24) is 14.8 Å². The van der Waals surface area contributed by atoms with Gasteiger partial charge in [0.25, 0.3) is 0 Å². The maximum absolute atomic E-state index is 4.99. The second kappa shape index (κ2) is 3.99. The Morgan fingerprint density at radius 3 is 3.07 bits per heavy atom. The third-order valence-electron chi connectivity index (χ3n) is 1.84. The lowest BCUT2D eigenvalue weighted by Gasteiger charge is -2.03. The van der Waals surface area contributed by atoms with E-state index in [1.807, 2.05) is 24.3 Å². The Morgan fingerprint density at radius 1 is 1.43 bits per heavy atom. The van der Waals surface area contributed by atoms with E-state index in [2.05, 4.69) is 14.9 Å². The summed E-state index contributed by atoms with van der Waals surface area (Å²) in [5.41, 5.74) is 1.94. The summed E-state index contributed by atoms with van der Waals surface area (Å²) in [4.78, 5) is 8.43. The molecular weight excluding hydrogens is 180 g/mol. The molecule has 2 aromatic rings. The fourth-order valence-corrected chi connectivity index (χ4v) is 1.23. The van der Waals surface area contributed by atoms with E-state index in [-0.39, 0.29) is 0 Å². The molecule has 72 valence electrons. The van der Waals surface area contributed by atoms with Crippen molar-refractivity contribution >= 4 is 0 Å². The van der Waals surface area contributed by atoms with E-state index in [9.17, 15) is 0 Å². The molecule has 0 saturated carbocycles. The number of nitrogens with two attached hydrogens (primary N) is 1. The van der Waals surface area contributed by atoms with Crippen LogP contribution in [0.25, 0.3) is 5.69 Å². The first-order valence-corrected chi connectivity index (χ1v) is 4.16. The van der Waals surface area contributed by atoms with Gasteiger partial charge in [-0.25, -0.2) is 15.6 Å². The van der Waals surface area contributed by atoms with E-state index in [0.29, 0.717) is 6.61 Å². The summed E-state index contributed by atoms with van der Waals surface area (Å²) < 4.78 is 1.68. The molecule has 2 N–H and O–H groups in total. The Bertz CT molecular complexity index is 399. The molecule has 0 radical (unpaired) electrons. The highest BCUT2D eigenvalue weighted by molar-refractivity contribution is 5.34. The topological polar surface area (TPSA) is 66.0 Å². The van der Waals surface area contributed by atoms with Crippen LogP contribution in [0.4, 0.5) is 0 Å². The molecule has 0 unspecified atom stereocenters. The molecule has 0 fully saturated rings. The van der Waals surface area contributed by atoms with Gasteiger partial charge in [0.1, 0.15) is 12.7 Å². The van der Waals surface area contributed by atoms with Crippen molar-refractivity contribution in [1.29, 1.82) is 0 Å². The Kier molecular flexibility index (Phi) is 2.53. The highest BCUT2D eigenvalue weighted by Crippen LogP contribution is 2.09. The summed E-state index contributed by atoms with van der Waals surface area (Å²) in [5, 5.41) is 4.02. The predicted octanol–water partition coefficient (Wildman–Crippen LogP) is 0.658. The average molecular weight is 190 g/mol. The third kappa shape index (κ3) is 1.78. The van der Waals surface area contributed by atoms with Crippen molar-refractivity contribution < 1.29 is 4.84 Å². The lowest BCUT2D eigenvalue weighted by Crippen LogP contribution is -2.00. The van der Waals surface area contributed by atoms with Crippen LogP contribution in [0.3, 0.4) is 0 Å². The van der Waals surface area contributed by atoms with E-state index < -0.39 is 0 Å². The minimum atomic E-state index is 0.391. The van der Waals surface area contributed by atoms with Gasteiger partial charge >= 0.3 is 0 Å². The van der Waals surface area contributed by atoms with Gasteiger partial charge in [-0.3, -0.25) is 4.84 Å². The average Bonchev–Trinajstić information content (AvgIpc) is 2.71. The minimum Gasteiger partial charge on any atom is -0.300 e. The molecule has 1 heterocycles. The van der Waals surface area contributed by atoms with Crippen molar-refractivity contribution in [2.75, 3.05) is 0 Å². The fraction of sp³-hybridized carbons (Fsp3) is 0.111. The lowest BCUT2D eigenvalue weighted by molar-refractivity contribution is 0.124. The van der Waals surface area contributed by atoms with E-state index in [1.165, 1.54) is 6.33 Å². The number of rotatable bonds is 3. The summed E-state index contributed by atoms with van der Waals surface area (Å²) in [7, 11) is 0. The number of hydrogen-bond donors (Lipinski definition) is 1. The summed E-state index contributed by atoms with van der Waals surface area (Å²) in [6.45, 7) is 0.391. The number of aromatic nitrogens is 3. The van der Waals surface area contributed by atoms with E-state index >= 15 is 0 Å². The predicted molar refractivity (Wildman–Crippen MR) is 50.3 cm³/mol. The maximum atomic E-state index is 4.99. The van der Waals surface area contributed by atoms with Crippen molar-refractivity contribution in [3.8, 4) is 5.69 Å². The van der Waals surface area contributed by atoms with Crippen LogP contribution >= 0.6 is 0 Å². The first-order valence-electron chi connectivity index (χ1n) is 4.16. The second-order valence-electron chi connectivity index (χ2n) is 2.82. The lowest BCUT2D eigenvalue weighted by atomic mass is 10.2. The molecule has 0 amide bonds. The molecule has 14 heavy (non-hydrogen) atoms. The second-order valence-corrected chi connectivity index (χ2v) is 2.82. The molecule has 0 saturated heterocycles. The van der Waals surface area contributed by atoms with Crippen LogP contribution in [0.1, 0.15) is 5.56 Å². The highest BCUT2D eigenvalue weighted by Gasteiger charge is 1.98. The molecule has 0 atom stereocenters. The van der Waals surface area contributed by atoms with Crippen LogP contribution in [0.15, 0.2) is 36.9 Å². The van der Waals surface area contributed by atoms with Gasteiger partial charge in [-0.2, -0.15) is 5.10 Å². The van der Waals surface area contributed by atoms with Gasteiger partial charge < -0.3 is 0 Å². The molecule has 1 aromatic carbocycles. The zero-order valence-corrected chi connectivity index (χ0v) is 7.50. The van der Waals surface area contributed by atoms with Gasteiger partial charge in [-0.05, 0) is 17.7 Å². The Hall–Kier alpha value is -1.72. The Labute approximate surface area is 81.1 Å². The summed E-state index contributed by atoms with van der Waals surface area (Å²) in [6.07, 6.45) is 3.13. The monoisotopic (exact) mass is 190 g/mol. The van der Waals surface area contributed by atoms with Crippen LogP contribution in [-0.4, -0.2) is 14.8 Å². The Balaban J connectivity index is 2.31. The minimum absolute atomic E-state index is 0.391. The van der Waals surface area contributed by atoms with Crippen molar-refractivity contribution in [3.63, 3.8) is 0 Å². The van der Waals surface area contributed by atoms with Crippen LogP contribution in [-0.2, 0) is 11.4 Å². The van der Waals surface area contributed by atoms with E-state index in [4.69, 9.17) is 5.90 Å². The number of nitrogens with zero attached hydrogens (tertiary/aromatic N) is 3. The quantitative estimate of drug-likeness (QED) is 0.722. The van der Waals surface area contributed by atoms with Crippen LogP contribution in [0, 0.1) is 0 Å². The van der Waals surface area contributed by atoms with Crippen LogP contribution < -0.4 is 5.90 Å². The molecule has 5 nitrogen and oxygen atoms in total. The van der Waals surface area contributed by atoms with Crippen LogP contribution in [0.5, 0.6) is 0 Å². The Morgan fingerprint density at radius 2 is 2.36 bits per heavy atom. The normalized spacial score (nSPS) is 10.4. The van der Waals surface area contributed by atoms with Gasteiger partial charge in [-0.15, -0.1) is 0 Å². The van der Waals surface area contributed by atoms with Gasteiger partial charge in [0.2, 0.25) is 0 Å². The molecule has 0 aliphatic rings. The van der Waals surface area contributed by atoms with Crippen molar-refractivity contribution in [2.45, 2.75) is 6.61 Å². The summed E-state index contributed by atoms with van der Waals surface area (Å²) >= 11 is 0. The van der Waals surface area contributed by atoms with Crippen LogP contribution in [0.2, 0.25) is 0 Å². The largest absolute Gasteiger partial charge is 0.300 e. The molecular formula is C9H10N4O. The molecule has 0 aliphatic carbocycles. The molecule has 2 rings (SSSR count). The smallest absolute Gasteiger partial charge is 0.138 e. The highest BCUT2D eigenvalue weighted by atomic mass is 16.6. The van der Waals surface area contributed by atoms with Gasteiger partial charge in [0, 0.05) is 0 Å². The van der Waals surface area contributed by atoms with E-state index in [0.717, 1.165) is 11.3 Å². The van der Waals surface area contributed by atoms with E-state index in [1.54, 1.807) is 11.0 Å². The fourth-order valence-electron chi connectivity index (χ4n) is 1.23. The third-order valence-corrected chi connectivity index (χ3v) is 1.84. The van der Waals surface area contributed by atoms with Gasteiger partial charge in [0.05, 0.1) is 12.3 Å². The maximum Gasteiger partial charge on any atom is 0.138 e. The SMILES string of the molecule is NOCc1cccc(-n2cncn2)c1. The van der Waals surface area contributed by atoms with Gasteiger partial charge in [0.15, 0.2) is 0 Å². The van der Waals surface area contributed by atoms with Crippen molar-refractivity contribution in [2.24, 2.45) is 5.90 Å². The number of benzene rings is 1. The number of hydrogen-bond acceptors (Lipinski definition) is 4. The first-order chi connectivity index (χ1) is 6.90. The summed E-state index contributed by atoms with van der Waals surface area (Å²) in [5.74, 6) is 4.99. The standard InChI is InChI=1S/C9H10N4O/c10-14-5-8-2-1-3-9(4-8)13-7-11-6-12-13/h1-4,6-7H,5,10H2. The zero-order valence-electron chi connectivity index (χ0n) is 7.50. The molecule has 0 bridgehead atoms. The summed E-state index contributed by atoms with van der Waals surface area (Å²) in [6, 6.07) is 7.74. The van der Waals surface area contributed by atoms with Crippen molar-refractivity contribution in [3.05, 3.63) is 42.5 Å². The molecule has 0 aliphatic heterocycles. The first kappa shape index (κ1) is 8.86. The molecule has 5 heteroatoms. The zero-order chi connectivity index (χ0) is 9.80. The molecule has 1 aromatic heterocycles. The van der Waals surface area contributed by atoms with Gasteiger partial charge in [-0.1, -0.05) is 12.1 Å².